The van der Waals surface area contributed by atoms with E-state index in [-0.39, 0.29) is 0 Å². The van der Waals surface area contributed by atoms with E-state index in [1.54, 1.807) is 0 Å². The minimum Gasteiger partial charge on any atom is -0.420 e. The van der Waals surface area contributed by atoms with Gasteiger partial charge in [0.25, 0.3) is 0 Å². The molecule has 0 aromatic heterocycles. The first-order chi connectivity index (χ1) is 19.4. The Kier molecular flexibility index (Phi) is 25.6. The minimum atomic E-state index is -1.62. The Morgan fingerprint density at radius 1 is 0.450 bits per heavy atom. The Bertz CT molecular complexity index is 461. The SMILES string of the molecule is CCCN(CCC)CCCC(CCCN(CCC)CCC)(CCCN(CCC)CCC)CC[Si](CC)(CC)OC. The van der Waals surface area contributed by atoms with Crippen LogP contribution < -0.4 is 0 Å². The van der Waals surface area contributed by atoms with Crippen LogP contribution in [-0.2, 0) is 4.43 Å². The van der Waals surface area contributed by atoms with E-state index in [1.807, 2.05) is 7.11 Å². The second-order valence-corrected chi connectivity index (χ2v) is 17.6. The van der Waals surface area contributed by atoms with Crippen molar-refractivity contribution in [3.63, 3.8) is 0 Å². The highest BCUT2D eigenvalue weighted by Crippen LogP contribution is 2.43. The van der Waals surface area contributed by atoms with Crippen LogP contribution in [0.4, 0.5) is 0 Å². The van der Waals surface area contributed by atoms with E-state index in [4.69, 9.17) is 4.43 Å². The van der Waals surface area contributed by atoms with Crippen LogP contribution in [0.5, 0.6) is 0 Å². The third-order valence-electron chi connectivity index (χ3n) is 9.62. The quantitative estimate of drug-likeness (QED) is 0.0783. The van der Waals surface area contributed by atoms with E-state index >= 15 is 0 Å². The fraction of sp³-hybridized carbons (Fsp3) is 1.00. The van der Waals surface area contributed by atoms with Gasteiger partial charge in [0.05, 0.1) is 0 Å². The maximum Gasteiger partial charge on any atom is 0.191 e. The molecule has 0 N–H and O–H groups in total. The van der Waals surface area contributed by atoms with Crippen LogP contribution in [0.25, 0.3) is 0 Å². The maximum atomic E-state index is 6.37. The number of hydrogen-bond donors (Lipinski definition) is 0. The van der Waals surface area contributed by atoms with E-state index in [0.717, 1.165) is 0 Å². The van der Waals surface area contributed by atoms with Gasteiger partial charge in [-0.1, -0.05) is 55.4 Å². The van der Waals surface area contributed by atoms with E-state index in [0.29, 0.717) is 5.41 Å². The predicted molar refractivity (Wildman–Crippen MR) is 184 cm³/mol. The Morgan fingerprint density at radius 2 is 0.750 bits per heavy atom. The number of rotatable bonds is 30. The molecule has 0 aromatic carbocycles. The van der Waals surface area contributed by atoms with Gasteiger partial charge >= 0.3 is 0 Å². The first kappa shape index (κ1) is 40.1. The molecule has 0 bridgehead atoms. The molecule has 0 aliphatic rings. The van der Waals surface area contributed by atoms with Gasteiger partial charge in [0.2, 0.25) is 0 Å². The fourth-order valence-electron chi connectivity index (χ4n) is 7.17. The molecule has 40 heavy (non-hydrogen) atoms. The van der Waals surface area contributed by atoms with Gasteiger partial charge in [0.1, 0.15) is 0 Å². The summed E-state index contributed by atoms with van der Waals surface area (Å²) >= 11 is 0. The van der Waals surface area contributed by atoms with Crippen molar-refractivity contribution >= 4 is 8.32 Å². The molecule has 0 spiro atoms. The molecule has 0 saturated heterocycles. The molecule has 0 unspecified atom stereocenters. The summed E-state index contributed by atoms with van der Waals surface area (Å²) in [5.41, 5.74) is 0.472. The summed E-state index contributed by atoms with van der Waals surface area (Å²) in [5.74, 6) is 0. The van der Waals surface area contributed by atoms with Crippen LogP contribution in [-0.4, -0.2) is 89.0 Å². The highest BCUT2D eigenvalue weighted by atomic mass is 28.4. The van der Waals surface area contributed by atoms with Crippen molar-refractivity contribution in [1.29, 1.82) is 0 Å². The zero-order valence-electron chi connectivity index (χ0n) is 29.4. The van der Waals surface area contributed by atoms with Gasteiger partial charge in [-0.05, 0) is 166 Å². The van der Waals surface area contributed by atoms with Crippen molar-refractivity contribution in [3.05, 3.63) is 0 Å². The molecule has 0 aliphatic heterocycles. The average Bonchev–Trinajstić information content (AvgIpc) is 2.95. The monoisotopic (exact) mass is 584 g/mol. The highest BCUT2D eigenvalue weighted by Gasteiger charge is 2.36. The van der Waals surface area contributed by atoms with E-state index in [1.165, 1.54) is 161 Å². The van der Waals surface area contributed by atoms with Gasteiger partial charge in [-0.3, -0.25) is 0 Å². The second-order valence-electron chi connectivity index (χ2n) is 12.9. The first-order valence-electron chi connectivity index (χ1n) is 18.1. The van der Waals surface area contributed by atoms with Gasteiger partial charge in [-0.25, -0.2) is 0 Å². The van der Waals surface area contributed by atoms with E-state index in [2.05, 4.69) is 70.1 Å². The minimum absolute atomic E-state index is 0.472. The Morgan fingerprint density at radius 3 is 0.975 bits per heavy atom. The van der Waals surface area contributed by atoms with Crippen LogP contribution in [0.2, 0.25) is 18.1 Å². The summed E-state index contributed by atoms with van der Waals surface area (Å²) < 4.78 is 6.37. The highest BCUT2D eigenvalue weighted by molar-refractivity contribution is 6.73. The largest absolute Gasteiger partial charge is 0.420 e. The molecule has 0 amide bonds. The summed E-state index contributed by atoms with van der Waals surface area (Å²) in [7, 11) is 0.405. The molecule has 0 radical (unpaired) electrons. The Balaban J connectivity index is 5.88. The molecule has 0 aliphatic carbocycles. The van der Waals surface area contributed by atoms with Crippen LogP contribution in [0.15, 0.2) is 0 Å². The van der Waals surface area contributed by atoms with Gasteiger partial charge in [0.15, 0.2) is 8.32 Å². The Labute approximate surface area is 255 Å². The summed E-state index contributed by atoms with van der Waals surface area (Å²) in [6.45, 7) is 30.3. The molecular weight excluding hydrogens is 506 g/mol. The third kappa shape index (κ3) is 17.2. The van der Waals surface area contributed by atoms with Crippen molar-refractivity contribution in [3.8, 4) is 0 Å². The first-order valence-corrected chi connectivity index (χ1v) is 20.6. The zero-order chi connectivity index (χ0) is 30.1. The molecule has 0 rings (SSSR count). The normalized spacial score (nSPS) is 12.9. The molecule has 0 heterocycles. The van der Waals surface area contributed by atoms with Crippen molar-refractivity contribution in [1.82, 2.24) is 14.7 Å². The number of hydrogen-bond acceptors (Lipinski definition) is 4. The van der Waals surface area contributed by atoms with Crippen LogP contribution in [0.3, 0.4) is 0 Å². The summed E-state index contributed by atoms with van der Waals surface area (Å²) in [5, 5.41) is 0. The average molecular weight is 584 g/mol. The lowest BCUT2D eigenvalue weighted by molar-refractivity contribution is 0.150. The third-order valence-corrected chi connectivity index (χ3v) is 14.2. The predicted octanol–water partition coefficient (Wildman–Crippen LogP) is 9.70. The number of nitrogens with zero attached hydrogens (tertiary/aromatic N) is 3. The lowest BCUT2D eigenvalue weighted by Crippen LogP contribution is -2.38. The zero-order valence-corrected chi connectivity index (χ0v) is 30.4. The smallest absolute Gasteiger partial charge is 0.191 e. The molecule has 0 atom stereocenters. The molecule has 0 fully saturated rings. The Hall–Kier alpha value is 0.0569. The second kappa shape index (κ2) is 25.5. The van der Waals surface area contributed by atoms with Gasteiger partial charge in [0, 0.05) is 7.11 Å². The summed E-state index contributed by atoms with van der Waals surface area (Å²) in [6.07, 6.45) is 17.3. The molecule has 0 aromatic rings. The summed E-state index contributed by atoms with van der Waals surface area (Å²) in [4.78, 5) is 8.22. The van der Waals surface area contributed by atoms with Crippen LogP contribution in [0, 0.1) is 5.41 Å². The maximum absolute atomic E-state index is 6.37. The standard InChI is InChI=1S/C35H77N3OSi/c1-10-25-36(26-11-2)31-18-21-35(24-34-40(16-7,17-8)39-9,22-19-32-37(27-12-3)28-13-4)23-20-33-38(29-14-5)30-15-6/h10-34H2,1-9H3. The molecule has 5 heteroatoms. The van der Waals surface area contributed by atoms with Crippen molar-refractivity contribution in [2.75, 3.05) is 66.0 Å². The van der Waals surface area contributed by atoms with Crippen molar-refractivity contribution in [2.45, 2.75) is 157 Å². The van der Waals surface area contributed by atoms with Crippen LogP contribution in [0.1, 0.15) is 139 Å². The van der Waals surface area contributed by atoms with Gasteiger partial charge in [-0.15, -0.1) is 0 Å². The molecular formula is C35H77N3OSi. The van der Waals surface area contributed by atoms with E-state index < -0.39 is 8.32 Å². The van der Waals surface area contributed by atoms with E-state index in [9.17, 15) is 0 Å². The lowest BCUT2D eigenvalue weighted by atomic mass is 9.73. The van der Waals surface area contributed by atoms with Crippen molar-refractivity contribution < 1.29 is 4.43 Å². The van der Waals surface area contributed by atoms with Gasteiger partial charge in [-0.2, -0.15) is 0 Å². The molecule has 4 nitrogen and oxygen atoms in total. The van der Waals surface area contributed by atoms with Gasteiger partial charge < -0.3 is 19.1 Å². The van der Waals surface area contributed by atoms with Crippen molar-refractivity contribution in [2.24, 2.45) is 5.41 Å². The fourth-order valence-corrected chi connectivity index (χ4v) is 10.1. The molecule has 242 valence electrons. The molecule has 0 saturated carbocycles. The summed E-state index contributed by atoms with van der Waals surface area (Å²) in [6, 6.07) is 3.88. The lowest BCUT2D eigenvalue weighted by Gasteiger charge is -2.39. The topological polar surface area (TPSA) is 19.0 Å². The van der Waals surface area contributed by atoms with Crippen LogP contribution >= 0.6 is 0 Å².